The summed E-state index contributed by atoms with van der Waals surface area (Å²) in [5, 5.41) is 11.6. The summed E-state index contributed by atoms with van der Waals surface area (Å²) in [6, 6.07) is 0. The van der Waals surface area contributed by atoms with Gasteiger partial charge in [-0.1, -0.05) is 64.2 Å². The minimum atomic E-state index is -0.0617. The molecule has 0 heterocycles. The van der Waals surface area contributed by atoms with Crippen LogP contribution >= 0.6 is 0 Å². The fraction of sp³-hybridized carbons (Fsp3) is 0.900. The molecule has 2 aliphatic carbocycles. The summed E-state index contributed by atoms with van der Waals surface area (Å²) >= 11 is 0. The van der Waals surface area contributed by atoms with Crippen LogP contribution in [0.4, 0.5) is 0 Å². The van der Waals surface area contributed by atoms with E-state index in [4.69, 9.17) is 5.41 Å². The number of hydrogen-bond donors (Lipinski definition) is 2. The van der Waals surface area contributed by atoms with Gasteiger partial charge in [0.2, 0.25) is 6.41 Å². The third kappa shape index (κ3) is 6.10. The average molecular weight is 336 g/mol. The Morgan fingerprint density at radius 1 is 1.08 bits per heavy atom. The van der Waals surface area contributed by atoms with E-state index in [0.717, 1.165) is 31.1 Å². The first kappa shape index (κ1) is 19.3. The molecule has 0 aliphatic heterocycles. The van der Waals surface area contributed by atoms with E-state index in [-0.39, 0.29) is 11.5 Å². The molecule has 2 N–H and O–H groups in total. The number of guanidine groups is 1. The molecule has 2 saturated carbocycles. The van der Waals surface area contributed by atoms with Crippen molar-refractivity contribution in [3.8, 4) is 0 Å². The van der Waals surface area contributed by atoms with Gasteiger partial charge in [-0.05, 0) is 38.0 Å². The van der Waals surface area contributed by atoms with Gasteiger partial charge < -0.3 is 5.32 Å². The van der Waals surface area contributed by atoms with Crippen LogP contribution in [0, 0.1) is 17.2 Å². The highest BCUT2D eigenvalue weighted by Crippen LogP contribution is 2.35. The van der Waals surface area contributed by atoms with E-state index in [9.17, 15) is 4.79 Å². The molecular formula is C20H37N3O. The lowest BCUT2D eigenvalue weighted by Gasteiger charge is -2.38. The van der Waals surface area contributed by atoms with Crippen molar-refractivity contribution in [3.05, 3.63) is 0 Å². The molecule has 0 spiro atoms. The molecule has 2 fully saturated rings. The summed E-state index contributed by atoms with van der Waals surface area (Å²) < 4.78 is 0. The maximum absolute atomic E-state index is 11.0. The van der Waals surface area contributed by atoms with Gasteiger partial charge in [-0.15, -0.1) is 0 Å². The standard InChI is InChI=1S/C20H37N3O/c1-20(22-19(21)23(2)16-24,15-18-11-7-4-8-12-18)14-13-17-9-5-3-6-10-17/h16-18H,3-15H2,1-2H3,(H2,21,22)/t20-/m1/s1. The van der Waals surface area contributed by atoms with E-state index in [1.807, 2.05) is 0 Å². The molecule has 0 aromatic rings. The molecule has 0 aromatic heterocycles. The quantitative estimate of drug-likeness (QED) is 0.403. The number of carbonyl (C=O) groups is 1. The minimum Gasteiger partial charge on any atom is -0.351 e. The molecule has 2 aliphatic rings. The van der Waals surface area contributed by atoms with Crippen LogP contribution in [0.25, 0.3) is 0 Å². The molecule has 2 rings (SSSR count). The van der Waals surface area contributed by atoms with Gasteiger partial charge in [-0.3, -0.25) is 15.1 Å². The van der Waals surface area contributed by atoms with Gasteiger partial charge in [0.15, 0.2) is 5.96 Å². The third-order valence-corrected chi connectivity index (χ3v) is 6.22. The first-order valence-corrected chi connectivity index (χ1v) is 10.1. The maximum atomic E-state index is 11.0. The highest BCUT2D eigenvalue weighted by molar-refractivity contribution is 5.86. The van der Waals surface area contributed by atoms with Crippen LogP contribution in [0.2, 0.25) is 0 Å². The number of hydrogen-bond acceptors (Lipinski definition) is 2. The Labute approximate surface area is 148 Å². The molecule has 1 amide bonds. The Hall–Kier alpha value is -1.06. The molecular weight excluding hydrogens is 298 g/mol. The highest BCUT2D eigenvalue weighted by atomic mass is 16.1. The second kappa shape index (κ2) is 9.43. The van der Waals surface area contributed by atoms with E-state index in [2.05, 4.69) is 12.2 Å². The van der Waals surface area contributed by atoms with Crippen LogP contribution in [0.3, 0.4) is 0 Å². The van der Waals surface area contributed by atoms with Crippen molar-refractivity contribution in [2.75, 3.05) is 7.05 Å². The predicted octanol–water partition coefficient (Wildman–Crippen LogP) is 4.69. The van der Waals surface area contributed by atoms with Gasteiger partial charge in [0.05, 0.1) is 0 Å². The summed E-state index contributed by atoms with van der Waals surface area (Å²) in [7, 11) is 1.66. The van der Waals surface area contributed by atoms with Gasteiger partial charge in [0.1, 0.15) is 0 Å². The molecule has 0 bridgehead atoms. The monoisotopic (exact) mass is 335 g/mol. The van der Waals surface area contributed by atoms with Gasteiger partial charge in [0.25, 0.3) is 0 Å². The van der Waals surface area contributed by atoms with Gasteiger partial charge in [-0.2, -0.15) is 0 Å². The van der Waals surface area contributed by atoms with E-state index < -0.39 is 0 Å². The number of carbonyl (C=O) groups excluding carboxylic acids is 1. The zero-order chi connectivity index (χ0) is 17.4. The Balaban J connectivity index is 1.94. The Morgan fingerprint density at radius 3 is 2.17 bits per heavy atom. The minimum absolute atomic E-state index is 0.0617. The van der Waals surface area contributed by atoms with Gasteiger partial charge in [-0.25, -0.2) is 0 Å². The number of rotatable bonds is 7. The van der Waals surface area contributed by atoms with Crippen molar-refractivity contribution in [2.24, 2.45) is 11.8 Å². The van der Waals surface area contributed by atoms with Crippen LogP contribution < -0.4 is 5.32 Å². The molecule has 4 heteroatoms. The third-order valence-electron chi connectivity index (χ3n) is 6.22. The SMILES string of the molecule is CN(C=O)C(=N)N[C@](C)(CCC1CCCCC1)CC1CCCCC1. The summed E-state index contributed by atoms with van der Waals surface area (Å²) in [5.74, 6) is 1.88. The van der Waals surface area contributed by atoms with E-state index in [1.165, 1.54) is 75.5 Å². The lowest BCUT2D eigenvalue weighted by molar-refractivity contribution is -0.114. The second-order valence-corrected chi connectivity index (χ2v) is 8.50. The van der Waals surface area contributed by atoms with E-state index in [1.54, 1.807) is 7.05 Å². The second-order valence-electron chi connectivity index (χ2n) is 8.50. The largest absolute Gasteiger partial charge is 0.351 e. The number of nitrogens with zero attached hydrogens (tertiary/aromatic N) is 1. The van der Waals surface area contributed by atoms with E-state index >= 15 is 0 Å². The van der Waals surface area contributed by atoms with Gasteiger partial charge in [0, 0.05) is 12.6 Å². The summed E-state index contributed by atoms with van der Waals surface area (Å²) in [6.07, 6.45) is 17.9. The van der Waals surface area contributed by atoms with Crippen LogP contribution in [0.15, 0.2) is 0 Å². The molecule has 4 nitrogen and oxygen atoms in total. The van der Waals surface area contributed by atoms with Gasteiger partial charge >= 0.3 is 0 Å². The van der Waals surface area contributed by atoms with Crippen molar-refractivity contribution in [1.29, 1.82) is 5.41 Å². The van der Waals surface area contributed by atoms with Crippen molar-refractivity contribution >= 4 is 12.4 Å². The fourth-order valence-electron chi connectivity index (χ4n) is 4.67. The Morgan fingerprint density at radius 2 is 1.62 bits per heavy atom. The van der Waals surface area contributed by atoms with Crippen molar-refractivity contribution in [3.63, 3.8) is 0 Å². The first-order chi connectivity index (χ1) is 11.5. The maximum Gasteiger partial charge on any atom is 0.216 e. The zero-order valence-electron chi connectivity index (χ0n) is 15.8. The topological polar surface area (TPSA) is 56.2 Å². The van der Waals surface area contributed by atoms with Crippen LogP contribution in [0.1, 0.15) is 90.4 Å². The molecule has 1 atom stereocenters. The van der Waals surface area contributed by atoms with Crippen LogP contribution in [0.5, 0.6) is 0 Å². The lowest BCUT2D eigenvalue weighted by atomic mass is 9.76. The molecule has 0 aromatic carbocycles. The number of amides is 1. The van der Waals surface area contributed by atoms with Crippen molar-refractivity contribution in [2.45, 2.75) is 95.9 Å². The normalized spacial score (nSPS) is 22.6. The van der Waals surface area contributed by atoms with Crippen molar-refractivity contribution in [1.82, 2.24) is 10.2 Å². The average Bonchev–Trinajstić information content (AvgIpc) is 2.61. The summed E-state index contributed by atoms with van der Waals surface area (Å²) in [6.45, 7) is 2.28. The molecule has 0 saturated heterocycles. The summed E-state index contributed by atoms with van der Waals surface area (Å²) in [5.41, 5.74) is -0.0617. The van der Waals surface area contributed by atoms with E-state index in [0.29, 0.717) is 0 Å². The van der Waals surface area contributed by atoms with Crippen LogP contribution in [-0.4, -0.2) is 29.9 Å². The lowest BCUT2D eigenvalue weighted by Crippen LogP contribution is -2.52. The number of nitrogens with one attached hydrogen (secondary N) is 2. The molecule has 138 valence electrons. The predicted molar refractivity (Wildman–Crippen MR) is 100 cm³/mol. The highest BCUT2D eigenvalue weighted by Gasteiger charge is 2.31. The Bertz CT molecular complexity index is 400. The summed E-state index contributed by atoms with van der Waals surface area (Å²) in [4.78, 5) is 12.3. The smallest absolute Gasteiger partial charge is 0.216 e. The fourth-order valence-corrected chi connectivity index (χ4v) is 4.67. The molecule has 24 heavy (non-hydrogen) atoms. The van der Waals surface area contributed by atoms with Crippen LogP contribution in [-0.2, 0) is 4.79 Å². The zero-order valence-corrected chi connectivity index (χ0v) is 15.8. The van der Waals surface area contributed by atoms with Crippen molar-refractivity contribution < 1.29 is 4.79 Å². The molecule has 0 radical (unpaired) electrons. The first-order valence-electron chi connectivity index (χ1n) is 10.1. The Kier molecular flexibility index (Phi) is 7.57. The molecule has 0 unspecified atom stereocenters.